The maximum atomic E-state index is 10.3. The molecule has 0 saturated carbocycles. The average molecular weight is 331 g/mol. The Morgan fingerprint density at radius 3 is 2.83 bits per heavy atom. The first kappa shape index (κ1) is 16.6. The van der Waals surface area contributed by atoms with Crippen LogP contribution < -0.4 is 5.32 Å². The number of nitriles is 1. The second kappa shape index (κ2) is 6.02. The minimum atomic E-state index is -1.39. The molecule has 0 spiro atoms. The quantitative estimate of drug-likeness (QED) is 0.753. The SMILES string of the molecule is CC(C)Nc1ncnn2c([C@]3(C#N)O[C@H](CO)[C@@H](O)[C@H]3C)ccc12. The van der Waals surface area contributed by atoms with E-state index in [1.807, 2.05) is 19.9 Å². The molecule has 1 fully saturated rings. The van der Waals surface area contributed by atoms with Gasteiger partial charge in [-0.2, -0.15) is 10.4 Å². The van der Waals surface area contributed by atoms with Gasteiger partial charge in [-0.15, -0.1) is 0 Å². The zero-order chi connectivity index (χ0) is 17.5. The number of aliphatic hydroxyl groups excluding tert-OH is 2. The molecular formula is C16H21N5O3. The van der Waals surface area contributed by atoms with Gasteiger partial charge in [-0.1, -0.05) is 6.92 Å². The van der Waals surface area contributed by atoms with Crippen LogP contribution in [0.4, 0.5) is 5.82 Å². The second-order valence-corrected chi connectivity index (χ2v) is 6.39. The Balaban J connectivity index is 2.14. The zero-order valence-electron chi connectivity index (χ0n) is 13.8. The summed E-state index contributed by atoms with van der Waals surface area (Å²) in [5.74, 6) is 0.137. The molecule has 3 N–H and O–H groups in total. The van der Waals surface area contributed by atoms with E-state index < -0.39 is 23.7 Å². The van der Waals surface area contributed by atoms with E-state index in [0.29, 0.717) is 17.0 Å². The lowest BCUT2D eigenvalue weighted by molar-refractivity contribution is -0.0546. The lowest BCUT2D eigenvalue weighted by Crippen LogP contribution is -2.34. The summed E-state index contributed by atoms with van der Waals surface area (Å²) < 4.78 is 7.38. The lowest BCUT2D eigenvalue weighted by Gasteiger charge is -2.25. The second-order valence-electron chi connectivity index (χ2n) is 6.39. The topological polar surface area (TPSA) is 116 Å². The average Bonchev–Trinajstić information content (AvgIpc) is 3.09. The van der Waals surface area contributed by atoms with E-state index in [-0.39, 0.29) is 12.6 Å². The van der Waals surface area contributed by atoms with E-state index in [4.69, 9.17) is 4.74 Å². The molecule has 3 heterocycles. The highest BCUT2D eigenvalue weighted by Gasteiger charge is 2.55. The summed E-state index contributed by atoms with van der Waals surface area (Å²) in [5, 5.41) is 37.0. The standard InChI is InChI=1S/C16H21N5O3/c1-9(2)20-15-11-4-5-13(21(11)19-8-18-15)16(7-17)10(3)14(23)12(6-22)24-16/h4-5,8-10,12,14,22-23H,6H2,1-3H3,(H,18,19,20)/t10-,12-,14+,16-/m1/s1. The summed E-state index contributed by atoms with van der Waals surface area (Å²) >= 11 is 0. The Kier molecular flexibility index (Phi) is 4.17. The molecular weight excluding hydrogens is 310 g/mol. The van der Waals surface area contributed by atoms with E-state index >= 15 is 0 Å². The van der Waals surface area contributed by atoms with E-state index in [0.717, 1.165) is 0 Å². The van der Waals surface area contributed by atoms with Gasteiger partial charge in [0.2, 0.25) is 5.60 Å². The van der Waals surface area contributed by atoms with Crippen LogP contribution in [0.5, 0.6) is 0 Å². The highest BCUT2D eigenvalue weighted by Crippen LogP contribution is 2.44. The van der Waals surface area contributed by atoms with Crippen LogP contribution in [-0.2, 0) is 10.3 Å². The summed E-state index contributed by atoms with van der Waals surface area (Å²) in [6.07, 6.45) is -0.332. The summed E-state index contributed by atoms with van der Waals surface area (Å²) in [7, 11) is 0. The Labute approximate surface area is 139 Å². The van der Waals surface area contributed by atoms with Gasteiger partial charge in [0.1, 0.15) is 24.0 Å². The maximum Gasteiger partial charge on any atom is 0.201 e. The first-order chi connectivity index (χ1) is 11.4. The van der Waals surface area contributed by atoms with Crippen LogP contribution in [0.25, 0.3) is 5.52 Å². The fourth-order valence-electron chi connectivity index (χ4n) is 3.20. The number of nitrogens with zero attached hydrogens (tertiary/aromatic N) is 4. The normalized spacial score (nSPS) is 30.0. The maximum absolute atomic E-state index is 10.3. The Bertz CT molecular complexity index is 784. The van der Waals surface area contributed by atoms with E-state index in [1.165, 1.54) is 6.33 Å². The van der Waals surface area contributed by atoms with Crippen LogP contribution in [0.15, 0.2) is 18.5 Å². The number of hydrogen-bond donors (Lipinski definition) is 3. The predicted molar refractivity (Wildman–Crippen MR) is 86.2 cm³/mol. The molecule has 4 atom stereocenters. The third-order valence-electron chi connectivity index (χ3n) is 4.48. The number of ether oxygens (including phenoxy) is 1. The van der Waals surface area contributed by atoms with Crippen molar-refractivity contribution in [2.75, 3.05) is 11.9 Å². The van der Waals surface area contributed by atoms with Crippen molar-refractivity contribution in [3.8, 4) is 6.07 Å². The first-order valence-corrected chi connectivity index (χ1v) is 7.92. The van der Waals surface area contributed by atoms with Crippen molar-refractivity contribution in [1.29, 1.82) is 5.26 Å². The molecule has 24 heavy (non-hydrogen) atoms. The summed E-state index contributed by atoms with van der Waals surface area (Å²) in [6.45, 7) is 5.39. The van der Waals surface area contributed by atoms with Crippen molar-refractivity contribution in [2.45, 2.75) is 44.6 Å². The molecule has 0 amide bonds. The molecule has 2 aromatic rings. The number of rotatable bonds is 4. The zero-order valence-corrected chi connectivity index (χ0v) is 13.8. The number of nitrogens with one attached hydrogen (secondary N) is 1. The highest BCUT2D eigenvalue weighted by molar-refractivity contribution is 5.68. The van der Waals surface area contributed by atoms with Gasteiger partial charge in [-0.25, -0.2) is 9.50 Å². The summed E-state index contributed by atoms with van der Waals surface area (Å²) in [4.78, 5) is 4.24. The summed E-state index contributed by atoms with van der Waals surface area (Å²) in [6, 6.07) is 5.94. The van der Waals surface area contributed by atoms with Gasteiger partial charge < -0.3 is 20.3 Å². The number of aliphatic hydroxyl groups is 2. The van der Waals surface area contributed by atoms with Crippen molar-refractivity contribution in [3.05, 3.63) is 24.2 Å². The minimum Gasteiger partial charge on any atom is -0.394 e. The van der Waals surface area contributed by atoms with Gasteiger partial charge in [0.05, 0.1) is 18.4 Å². The van der Waals surface area contributed by atoms with Crippen LogP contribution in [0, 0.1) is 17.2 Å². The lowest BCUT2D eigenvalue weighted by atomic mass is 9.85. The molecule has 1 saturated heterocycles. The van der Waals surface area contributed by atoms with E-state index in [9.17, 15) is 15.5 Å². The fourth-order valence-corrected chi connectivity index (χ4v) is 3.20. The largest absolute Gasteiger partial charge is 0.394 e. The van der Waals surface area contributed by atoms with Gasteiger partial charge in [0.15, 0.2) is 5.82 Å². The molecule has 0 radical (unpaired) electrons. The Hall–Kier alpha value is -2.21. The van der Waals surface area contributed by atoms with Gasteiger partial charge in [0, 0.05) is 12.0 Å². The first-order valence-electron chi connectivity index (χ1n) is 7.92. The van der Waals surface area contributed by atoms with E-state index in [1.54, 1.807) is 17.5 Å². The van der Waals surface area contributed by atoms with Crippen LogP contribution >= 0.6 is 0 Å². The van der Waals surface area contributed by atoms with Crippen LogP contribution in [-0.4, -0.2) is 49.7 Å². The molecule has 2 aromatic heterocycles. The number of aromatic nitrogens is 3. The van der Waals surface area contributed by atoms with Crippen molar-refractivity contribution in [3.63, 3.8) is 0 Å². The van der Waals surface area contributed by atoms with Crippen LogP contribution in [0.3, 0.4) is 0 Å². The van der Waals surface area contributed by atoms with Crippen molar-refractivity contribution >= 4 is 11.3 Å². The number of fused-ring (bicyclic) bond motifs is 1. The minimum absolute atomic E-state index is 0.189. The molecule has 128 valence electrons. The van der Waals surface area contributed by atoms with Crippen LogP contribution in [0.2, 0.25) is 0 Å². The predicted octanol–water partition coefficient (Wildman–Crippen LogP) is 0.657. The van der Waals surface area contributed by atoms with Gasteiger partial charge >= 0.3 is 0 Å². The fraction of sp³-hybridized carbons (Fsp3) is 0.562. The monoisotopic (exact) mass is 331 g/mol. The number of anilines is 1. The van der Waals surface area contributed by atoms with Crippen molar-refractivity contribution in [1.82, 2.24) is 14.6 Å². The molecule has 8 heteroatoms. The molecule has 0 aliphatic carbocycles. The Morgan fingerprint density at radius 1 is 1.50 bits per heavy atom. The number of hydrogen-bond acceptors (Lipinski definition) is 7. The van der Waals surface area contributed by atoms with Gasteiger partial charge in [-0.3, -0.25) is 0 Å². The molecule has 1 aliphatic heterocycles. The molecule has 0 aromatic carbocycles. The van der Waals surface area contributed by atoms with Gasteiger partial charge in [0.25, 0.3) is 0 Å². The molecule has 3 rings (SSSR count). The van der Waals surface area contributed by atoms with E-state index in [2.05, 4.69) is 21.5 Å². The van der Waals surface area contributed by atoms with Crippen molar-refractivity contribution in [2.24, 2.45) is 5.92 Å². The van der Waals surface area contributed by atoms with Gasteiger partial charge in [-0.05, 0) is 26.0 Å². The third-order valence-corrected chi connectivity index (χ3v) is 4.48. The van der Waals surface area contributed by atoms with Crippen LogP contribution in [0.1, 0.15) is 26.5 Å². The molecule has 1 aliphatic rings. The molecule has 8 nitrogen and oxygen atoms in total. The summed E-state index contributed by atoms with van der Waals surface area (Å²) in [5.41, 5.74) is -0.159. The van der Waals surface area contributed by atoms with Crippen molar-refractivity contribution < 1.29 is 14.9 Å². The molecule has 0 unspecified atom stereocenters. The highest BCUT2D eigenvalue weighted by atomic mass is 16.5. The smallest absolute Gasteiger partial charge is 0.201 e. The molecule has 0 bridgehead atoms. The third kappa shape index (κ3) is 2.33. The Morgan fingerprint density at radius 2 is 2.25 bits per heavy atom.